The highest BCUT2D eigenvalue weighted by Gasteiger charge is 2.33. The van der Waals surface area contributed by atoms with Crippen LogP contribution in [0.2, 0.25) is 5.02 Å². The van der Waals surface area contributed by atoms with E-state index in [2.05, 4.69) is 19.9 Å². The Balaban J connectivity index is 1.47. The molecular weight excluding hydrogens is 568 g/mol. The first-order valence-electron chi connectivity index (χ1n) is 13.4. The van der Waals surface area contributed by atoms with Crippen LogP contribution in [0, 0.1) is 28.9 Å². The van der Waals surface area contributed by atoms with E-state index in [-0.39, 0.29) is 54.2 Å². The van der Waals surface area contributed by atoms with Crippen LogP contribution in [0.1, 0.15) is 6.42 Å². The second kappa shape index (κ2) is 11.2. The van der Waals surface area contributed by atoms with Crippen LogP contribution in [0.25, 0.3) is 32.9 Å². The van der Waals surface area contributed by atoms with Crippen LogP contribution in [0.5, 0.6) is 6.01 Å². The van der Waals surface area contributed by atoms with Gasteiger partial charge in [-0.1, -0.05) is 35.9 Å². The van der Waals surface area contributed by atoms with Crippen molar-refractivity contribution in [3.8, 4) is 23.3 Å². The number of ether oxygens (including phenoxy) is 1. The maximum absolute atomic E-state index is 16.4. The van der Waals surface area contributed by atoms with Crippen LogP contribution in [0.4, 0.5) is 19.4 Å². The number of hydrogen-bond acceptors (Lipinski definition) is 8. The molecule has 0 unspecified atom stereocenters. The third kappa shape index (κ3) is 4.99. The van der Waals surface area contributed by atoms with E-state index in [1.165, 1.54) is 17.2 Å². The Bertz CT molecular complexity index is 1740. The first-order chi connectivity index (χ1) is 20.2. The summed E-state index contributed by atoms with van der Waals surface area (Å²) in [5.41, 5.74) is 0.198. The third-order valence-corrected chi connectivity index (χ3v) is 8.15. The Labute approximate surface area is 244 Å². The summed E-state index contributed by atoms with van der Waals surface area (Å²) in [6.07, 6.45) is 0.321. The smallest absolute Gasteiger partial charge is 0.407 e. The highest BCUT2D eigenvalue weighted by atomic mass is 35.5. The summed E-state index contributed by atoms with van der Waals surface area (Å²) >= 11 is 6.33. The van der Waals surface area contributed by atoms with Gasteiger partial charge in [0.1, 0.15) is 22.8 Å². The fourth-order valence-electron chi connectivity index (χ4n) is 5.73. The number of piperazine rings is 1. The van der Waals surface area contributed by atoms with Crippen LogP contribution < -0.4 is 9.64 Å². The van der Waals surface area contributed by atoms with E-state index in [0.717, 1.165) is 13.1 Å². The number of halogens is 3. The number of rotatable bonds is 6. The van der Waals surface area contributed by atoms with Gasteiger partial charge in [0.15, 0.2) is 5.82 Å². The first kappa shape index (κ1) is 27.8. The number of aromatic nitrogens is 3. The SMILES string of the molecule is CN1CC(COc2nc(N3CCN(C(=O)O)[C@@H](CC#N)C3)c3cnc(-c4cccc5ccc(F)c(Cl)c45)c(F)c3n2)C1. The fraction of sp³-hybridized carbons (Fsp3) is 0.345. The Morgan fingerprint density at radius 2 is 2.00 bits per heavy atom. The molecule has 10 nitrogen and oxygen atoms in total. The summed E-state index contributed by atoms with van der Waals surface area (Å²) < 4.78 is 36.8. The quantitative estimate of drug-likeness (QED) is 0.336. The van der Waals surface area contributed by atoms with Gasteiger partial charge in [0, 0.05) is 55.8 Å². The molecule has 2 aromatic heterocycles. The predicted octanol–water partition coefficient (Wildman–Crippen LogP) is 4.80. The Hall–Kier alpha value is -4.34. The number of anilines is 1. The molecule has 216 valence electrons. The van der Waals surface area contributed by atoms with Gasteiger partial charge in [-0.15, -0.1) is 0 Å². The molecule has 0 radical (unpaired) electrons. The van der Waals surface area contributed by atoms with E-state index in [1.54, 1.807) is 29.2 Å². The van der Waals surface area contributed by atoms with Crippen molar-refractivity contribution in [2.24, 2.45) is 5.92 Å². The van der Waals surface area contributed by atoms with E-state index >= 15 is 4.39 Å². The molecule has 1 N–H and O–H groups in total. The summed E-state index contributed by atoms with van der Waals surface area (Å²) in [6, 6.07) is 9.32. The van der Waals surface area contributed by atoms with Gasteiger partial charge < -0.3 is 24.5 Å². The van der Waals surface area contributed by atoms with Crippen molar-refractivity contribution >= 4 is 45.2 Å². The zero-order chi connectivity index (χ0) is 29.5. The Morgan fingerprint density at radius 1 is 1.19 bits per heavy atom. The van der Waals surface area contributed by atoms with Gasteiger partial charge in [0.05, 0.1) is 35.5 Å². The normalized spacial score (nSPS) is 17.8. The Kier molecular flexibility index (Phi) is 7.38. The van der Waals surface area contributed by atoms with E-state index in [4.69, 9.17) is 16.3 Å². The number of carbonyl (C=O) groups is 1. The van der Waals surface area contributed by atoms with E-state index in [0.29, 0.717) is 34.1 Å². The average Bonchev–Trinajstić information content (AvgIpc) is 2.96. The van der Waals surface area contributed by atoms with Gasteiger partial charge in [-0.25, -0.2) is 13.6 Å². The predicted molar refractivity (Wildman–Crippen MR) is 153 cm³/mol. The lowest BCUT2D eigenvalue weighted by atomic mass is 10.0. The van der Waals surface area contributed by atoms with Gasteiger partial charge in [-0.05, 0) is 18.5 Å². The lowest BCUT2D eigenvalue weighted by Crippen LogP contribution is -2.55. The summed E-state index contributed by atoms with van der Waals surface area (Å²) in [7, 11) is 2.00. The molecule has 1 atom stereocenters. The van der Waals surface area contributed by atoms with Gasteiger partial charge in [-0.2, -0.15) is 15.2 Å². The topological polar surface area (TPSA) is 119 Å². The molecule has 4 heterocycles. The number of fused-ring (bicyclic) bond motifs is 2. The average molecular weight is 594 g/mol. The second-order valence-corrected chi connectivity index (χ2v) is 11.0. The number of amides is 1. The third-order valence-electron chi connectivity index (χ3n) is 7.78. The molecule has 2 saturated heterocycles. The van der Waals surface area contributed by atoms with Crippen LogP contribution >= 0.6 is 11.6 Å². The summed E-state index contributed by atoms with van der Waals surface area (Å²) in [6.45, 7) is 2.61. The molecule has 0 saturated carbocycles. The number of hydrogen-bond donors (Lipinski definition) is 1. The highest BCUT2D eigenvalue weighted by Crippen LogP contribution is 2.38. The van der Waals surface area contributed by atoms with Crippen molar-refractivity contribution in [1.29, 1.82) is 5.26 Å². The minimum atomic E-state index is -1.11. The maximum Gasteiger partial charge on any atom is 0.407 e. The maximum atomic E-state index is 16.4. The number of likely N-dealkylation sites (tertiary alicyclic amines) is 1. The monoisotopic (exact) mass is 593 g/mol. The fourth-order valence-corrected chi connectivity index (χ4v) is 6.00. The van der Waals surface area contributed by atoms with E-state index < -0.39 is 23.8 Å². The molecule has 2 aliphatic heterocycles. The molecule has 6 rings (SSSR count). The van der Waals surface area contributed by atoms with Crippen LogP contribution in [0.3, 0.4) is 0 Å². The minimum absolute atomic E-state index is 0.0144. The Morgan fingerprint density at radius 3 is 2.74 bits per heavy atom. The first-order valence-corrected chi connectivity index (χ1v) is 13.8. The molecule has 2 aromatic carbocycles. The molecule has 13 heteroatoms. The summed E-state index contributed by atoms with van der Waals surface area (Å²) in [4.78, 5) is 30.4. The standard InChI is InChI=1S/C29H26ClF2N7O3/c1-37-12-16(13-37)15-42-28-35-26-20(27(36-28)38-9-10-39(29(40)41)18(14-38)7-8-33)11-34-25(24(26)32)19-4-2-3-17-5-6-21(31)23(30)22(17)19/h2-6,11,16,18H,7,9-10,12-15H2,1H3,(H,40,41)/t18-/m0/s1. The highest BCUT2D eigenvalue weighted by molar-refractivity contribution is 6.36. The van der Waals surface area contributed by atoms with Gasteiger partial charge in [0.25, 0.3) is 0 Å². The summed E-state index contributed by atoms with van der Waals surface area (Å²) in [5.74, 6) is -0.779. The molecule has 2 fully saturated rings. The molecule has 1 amide bonds. The molecule has 2 aliphatic rings. The van der Waals surface area contributed by atoms with E-state index in [1.807, 2.05) is 13.1 Å². The van der Waals surface area contributed by atoms with Crippen molar-refractivity contribution in [2.45, 2.75) is 12.5 Å². The van der Waals surface area contributed by atoms with E-state index in [9.17, 15) is 19.6 Å². The zero-order valence-corrected chi connectivity index (χ0v) is 23.4. The molecule has 0 aliphatic carbocycles. The minimum Gasteiger partial charge on any atom is -0.465 e. The number of carboxylic acid groups (broad SMARTS) is 1. The van der Waals surface area contributed by atoms with Crippen LogP contribution in [-0.4, -0.2) is 88.4 Å². The molecule has 0 spiro atoms. The van der Waals surface area contributed by atoms with Gasteiger partial charge in [0.2, 0.25) is 0 Å². The van der Waals surface area contributed by atoms with Crippen molar-refractivity contribution in [2.75, 3.05) is 51.3 Å². The van der Waals surface area contributed by atoms with Gasteiger partial charge in [-0.3, -0.25) is 4.98 Å². The molecule has 42 heavy (non-hydrogen) atoms. The van der Waals surface area contributed by atoms with Crippen LogP contribution in [0.15, 0.2) is 36.5 Å². The van der Waals surface area contributed by atoms with Crippen molar-refractivity contribution in [3.63, 3.8) is 0 Å². The van der Waals surface area contributed by atoms with Crippen molar-refractivity contribution < 1.29 is 23.4 Å². The van der Waals surface area contributed by atoms with Crippen molar-refractivity contribution in [3.05, 3.63) is 53.2 Å². The lowest BCUT2D eigenvalue weighted by molar-refractivity contribution is 0.0819. The molecule has 0 bridgehead atoms. The largest absolute Gasteiger partial charge is 0.465 e. The van der Waals surface area contributed by atoms with Crippen molar-refractivity contribution in [1.82, 2.24) is 24.8 Å². The number of benzene rings is 2. The number of nitrogens with zero attached hydrogens (tertiary/aromatic N) is 7. The number of pyridine rings is 1. The van der Waals surface area contributed by atoms with Crippen LogP contribution in [-0.2, 0) is 0 Å². The molecular formula is C29H26ClF2N7O3. The lowest BCUT2D eigenvalue weighted by Gasteiger charge is -2.40. The molecule has 4 aromatic rings. The second-order valence-electron chi connectivity index (χ2n) is 10.6. The number of nitriles is 1. The van der Waals surface area contributed by atoms with Gasteiger partial charge >= 0.3 is 12.1 Å². The summed E-state index contributed by atoms with van der Waals surface area (Å²) in [5, 5.41) is 20.0. The zero-order valence-electron chi connectivity index (χ0n) is 22.6.